The van der Waals surface area contributed by atoms with Crippen LogP contribution in [0, 0.1) is 19.8 Å². The monoisotopic (exact) mass is 501 g/mol. The molecule has 0 aliphatic heterocycles. The third kappa shape index (κ3) is 8.82. The smallest absolute Gasteiger partial charge is 0.408 e. The molecule has 202 valence electrons. The van der Waals surface area contributed by atoms with E-state index in [0.29, 0.717) is 13.0 Å². The molecule has 0 spiro atoms. The molecule has 1 aromatic carbocycles. The Morgan fingerprint density at radius 2 is 1.61 bits per heavy atom. The normalized spacial score (nSPS) is 16.2. The number of rotatable bonds is 9. The van der Waals surface area contributed by atoms with Crippen LogP contribution in [0.25, 0.3) is 0 Å². The maximum absolute atomic E-state index is 14.0. The van der Waals surface area contributed by atoms with Crippen LogP contribution in [-0.2, 0) is 14.3 Å². The lowest BCUT2D eigenvalue weighted by Crippen LogP contribution is -2.55. The van der Waals surface area contributed by atoms with Crippen molar-refractivity contribution in [3.8, 4) is 0 Å². The topological polar surface area (TPSA) is 87.7 Å². The number of benzene rings is 1. The molecule has 7 nitrogen and oxygen atoms in total. The number of nitrogens with zero attached hydrogens (tertiary/aromatic N) is 1. The second-order valence-corrected chi connectivity index (χ2v) is 11.6. The summed E-state index contributed by atoms with van der Waals surface area (Å²) in [5.74, 6) is -0.625. The van der Waals surface area contributed by atoms with Crippen LogP contribution >= 0.6 is 0 Å². The van der Waals surface area contributed by atoms with E-state index in [1.165, 1.54) is 6.42 Å². The molecule has 36 heavy (non-hydrogen) atoms. The quantitative estimate of drug-likeness (QED) is 0.462. The number of carbonyl (C=O) groups is 3. The van der Waals surface area contributed by atoms with E-state index in [9.17, 15) is 14.4 Å². The first-order valence-corrected chi connectivity index (χ1v) is 13.5. The van der Waals surface area contributed by atoms with Crippen LogP contribution in [0.1, 0.15) is 103 Å². The first kappa shape index (κ1) is 29.7. The minimum absolute atomic E-state index is 0.124. The zero-order chi connectivity index (χ0) is 27.0. The fourth-order valence-corrected chi connectivity index (χ4v) is 4.90. The van der Waals surface area contributed by atoms with E-state index in [0.717, 1.165) is 42.4 Å². The Bertz CT molecular complexity index is 880. The SMILES string of the molecule is CCCN(C(=O)C(NC(=O)OC(C)(C)C)C(C)C)C(C(=O)NC1CCCCC1)c1cc(C)cc(C)c1. The number of hydrogen-bond acceptors (Lipinski definition) is 4. The Kier molecular flexibility index (Phi) is 10.8. The number of nitrogens with one attached hydrogen (secondary N) is 2. The van der Waals surface area contributed by atoms with Crippen molar-refractivity contribution in [3.05, 3.63) is 34.9 Å². The molecule has 1 aromatic rings. The molecule has 0 radical (unpaired) electrons. The minimum Gasteiger partial charge on any atom is -0.444 e. The van der Waals surface area contributed by atoms with E-state index < -0.39 is 23.8 Å². The molecule has 7 heteroatoms. The highest BCUT2D eigenvalue weighted by molar-refractivity contribution is 5.92. The molecule has 0 bridgehead atoms. The summed E-state index contributed by atoms with van der Waals surface area (Å²) in [4.78, 5) is 42.1. The molecule has 0 heterocycles. The summed E-state index contributed by atoms with van der Waals surface area (Å²) < 4.78 is 5.43. The Balaban J connectivity index is 2.45. The summed E-state index contributed by atoms with van der Waals surface area (Å²) in [5, 5.41) is 6.02. The van der Waals surface area contributed by atoms with Gasteiger partial charge in [0.25, 0.3) is 0 Å². The van der Waals surface area contributed by atoms with E-state index in [-0.39, 0.29) is 23.8 Å². The van der Waals surface area contributed by atoms with Gasteiger partial charge in [-0.2, -0.15) is 0 Å². The summed E-state index contributed by atoms with van der Waals surface area (Å²) in [6.45, 7) is 15.5. The molecule has 2 N–H and O–H groups in total. The lowest BCUT2D eigenvalue weighted by atomic mass is 9.93. The van der Waals surface area contributed by atoms with Gasteiger partial charge in [-0.1, -0.05) is 69.4 Å². The zero-order valence-electron chi connectivity index (χ0n) is 23.6. The Labute approximate surface area is 217 Å². The standard InChI is InChI=1S/C29H47N3O4/c1-9-15-32(27(34)24(19(2)3)31-28(35)36-29(6,7)8)25(22-17-20(4)16-21(5)18-22)26(33)30-23-13-11-10-12-14-23/h16-19,23-25H,9-15H2,1-8H3,(H,30,33)(H,31,35). The van der Waals surface area contributed by atoms with Gasteiger partial charge in [-0.05, 0) is 65.4 Å². The van der Waals surface area contributed by atoms with Gasteiger partial charge in [0.15, 0.2) is 0 Å². The fraction of sp³-hybridized carbons (Fsp3) is 0.690. The average Bonchev–Trinajstić information content (AvgIpc) is 2.75. The van der Waals surface area contributed by atoms with E-state index in [4.69, 9.17) is 4.74 Å². The van der Waals surface area contributed by atoms with Crippen molar-refractivity contribution < 1.29 is 19.1 Å². The number of alkyl carbamates (subject to hydrolysis) is 1. The summed E-state index contributed by atoms with van der Waals surface area (Å²) in [6, 6.07) is 4.56. The maximum Gasteiger partial charge on any atom is 0.408 e. The molecular weight excluding hydrogens is 454 g/mol. The molecule has 1 aliphatic rings. The molecule has 1 aliphatic carbocycles. The van der Waals surface area contributed by atoms with Crippen molar-refractivity contribution in [1.29, 1.82) is 0 Å². The second kappa shape index (κ2) is 13.1. The first-order chi connectivity index (χ1) is 16.8. The van der Waals surface area contributed by atoms with Crippen LogP contribution in [0.2, 0.25) is 0 Å². The highest BCUT2D eigenvalue weighted by Gasteiger charge is 2.38. The molecule has 2 unspecified atom stereocenters. The van der Waals surface area contributed by atoms with E-state index in [1.807, 2.05) is 46.8 Å². The number of ether oxygens (including phenoxy) is 1. The molecule has 3 amide bonds. The van der Waals surface area contributed by atoms with Crippen LogP contribution < -0.4 is 10.6 Å². The van der Waals surface area contributed by atoms with Crippen molar-refractivity contribution in [2.24, 2.45) is 5.92 Å². The number of carbonyl (C=O) groups excluding carboxylic acids is 3. The third-order valence-corrected chi connectivity index (χ3v) is 6.42. The van der Waals surface area contributed by atoms with Crippen LogP contribution in [0.15, 0.2) is 18.2 Å². The van der Waals surface area contributed by atoms with Gasteiger partial charge in [0.05, 0.1) is 0 Å². The van der Waals surface area contributed by atoms with Gasteiger partial charge in [0, 0.05) is 12.6 Å². The van der Waals surface area contributed by atoms with Crippen molar-refractivity contribution >= 4 is 17.9 Å². The summed E-state index contributed by atoms with van der Waals surface area (Å²) >= 11 is 0. The molecular formula is C29H47N3O4. The maximum atomic E-state index is 14.0. The zero-order valence-corrected chi connectivity index (χ0v) is 23.6. The molecule has 0 aromatic heterocycles. The van der Waals surface area contributed by atoms with Crippen molar-refractivity contribution in [2.45, 2.75) is 118 Å². The van der Waals surface area contributed by atoms with Crippen molar-refractivity contribution in [3.63, 3.8) is 0 Å². The fourth-order valence-electron chi connectivity index (χ4n) is 4.90. The molecule has 2 rings (SSSR count). The van der Waals surface area contributed by atoms with Gasteiger partial charge < -0.3 is 20.3 Å². The van der Waals surface area contributed by atoms with Gasteiger partial charge in [0.1, 0.15) is 17.7 Å². The molecule has 1 fully saturated rings. The summed E-state index contributed by atoms with van der Waals surface area (Å²) in [6.07, 6.45) is 5.36. The lowest BCUT2D eigenvalue weighted by Gasteiger charge is -2.36. The Morgan fingerprint density at radius 3 is 2.11 bits per heavy atom. The highest BCUT2D eigenvalue weighted by Crippen LogP contribution is 2.27. The van der Waals surface area contributed by atoms with Crippen LogP contribution in [0.4, 0.5) is 4.79 Å². The van der Waals surface area contributed by atoms with Crippen molar-refractivity contribution in [1.82, 2.24) is 15.5 Å². The van der Waals surface area contributed by atoms with Crippen molar-refractivity contribution in [2.75, 3.05) is 6.54 Å². The number of aryl methyl sites for hydroxylation is 2. The minimum atomic E-state index is -0.817. The van der Waals surface area contributed by atoms with E-state index >= 15 is 0 Å². The number of amides is 3. The predicted octanol–water partition coefficient (Wildman–Crippen LogP) is 5.58. The Hall–Kier alpha value is -2.57. The number of hydrogen-bond donors (Lipinski definition) is 2. The predicted molar refractivity (Wildman–Crippen MR) is 144 cm³/mol. The highest BCUT2D eigenvalue weighted by atomic mass is 16.6. The van der Waals surface area contributed by atoms with Crippen LogP contribution in [0.5, 0.6) is 0 Å². The Morgan fingerprint density at radius 1 is 1.03 bits per heavy atom. The van der Waals surface area contributed by atoms with Gasteiger partial charge in [-0.15, -0.1) is 0 Å². The summed E-state index contributed by atoms with van der Waals surface area (Å²) in [7, 11) is 0. The van der Waals surface area contributed by atoms with E-state index in [1.54, 1.807) is 25.7 Å². The van der Waals surface area contributed by atoms with Gasteiger partial charge >= 0.3 is 6.09 Å². The molecule has 2 atom stereocenters. The average molecular weight is 502 g/mol. The largest absolute Gasteiger partial charge is 0.444 e. The summed E-state index contributed by atoms with van der Waals surface area (Å²) in [5.41, 5.74) is 2.19. The molecule has 1 saturated carbocycles. The van der Waals surface area contributed by atoms with Crippen LogP contribution in [0.3, 0.4) is 0 Å². The van der Waals surface area contributed by atoms with E-state index in [2.05, 4.69) is 16.7 Å². The third-order valence-electron chi connectivity index (χ3n) is 6.42. The molecule has 0 saturated heterocycles. The second-order valence-electron chi connectivity index (χ2n) is 11.6. The van der Waals surface area contributed by atoms with Crippen LogP contribution in [-0.4, -0.2) is 47.0 Å². The first-order valence-electron chi connectivity index (χ1n) is 13.5. The lowest BCUT2D eigenvalue weighted by molar-refractivity contribution is -0.143. The van der Waals surface area contributed by atoms with Gasteiger partial charge in [-0.3, -0.25) is 9.59 Å². The van der Waals surface area contributed by atoms with Gasteiger partial charge in [0.2, 0.25) is 11.8 Å². The van der Waals surface area contributed by atoms with Gasteiger partial charge in [-0.25, -0.2) is 4.79 Å².